The van der Waals surface area contributed by atoms with Gasteiger partial charge in [0, 0.05) is 31.6 Å². The second-order valence-electron chi connectivity index (χ2n) is 5.17. The monoisotopic (exact) mass is 291 g/mol. The van der Waals surface area contributed by atoms with Crippen LogP contribution in [0.2, 0.25) is 0 Å². The van der Waals surface area contributed by atoms with Crippen molar-refractivity contribution in [2.75, 3.05) is 25.4 Å². The van der Waals surface area contributed by atoms with Gasteiger partial charge in [-0.25, -0.2) is 13.1 Å². The lowest BCUT2D eigenvalue weighted by Crippen LogP contribution is -2.48. The molecule has 0 aliphatic carbocycles. The van der Waals surface area contributed by atoms with Crippen LogP contribution < -0.4 is 10.5 Å². The second-order valence-corrected chi connectivity index (χ2v) is 7.05. The highest BCUT2D eigenvalue weighted by Gasteiger charge is 2.27. The van der Waals surface area contributed by atoms with Gasteiger partial charge in [0.25, 0.3) is 0 Å². The van der Waals surface area contributed by atoms with E-state index in [1.165, 1.54) is 0 Å². The van der Waals surface area contributed by atoms with Crippen LogP contribution in [0, 0.1) is 5.92 Å². The van der Waals surface area contributed by atoms with Crippen LogP contribution >= 0.6 is 0 Å². The highest BCUT2D eigenvalue weighted by molar-refractivity contribution is 7.89. The van der Waals surface area contributed by atoms with Crippen molar-refractivity contribution >= 4 is 15.9 Å². The van der Waals surface area contributed by atoms with Crippen LogP contribution in [-0.2, 0) is 14.8 Å². The maximum atomic E-state index is 11.9. The number of amides is 1. The summed E-state index contributed by atoms with van der Waals surface area (Å²) in [7, 11) is -3.16. The largest absolute Gasteiger partial charge is 0.342 e. The van der Waals surface area contributed by atoms with Gasteiger partial charge in [-0.2, -0.15) is 0 Å². The van der Waals surface area contributed by atoms with Gasteiger partial charge in [0.05, 0.1) is 5.75 Å². The molecule has 0 bridgehead atoms. The molecule has 0 aromatic heterocycles. The van der Waals surface area contributed by atoms with Crippen molar-refractivity contribution < 1.29 is 13.2 Å². The summed E-state index contributed by atoms with van der Waals surface area (Å²) in [5.74, 6) is 0.0711. The quantitative estimate of drug-likeness (QED) is 0.715. The number of rotatable bonds is 6. The number of piperidine rings is 1. The van der Waals surface area contributed by atoms with E-state index in [0.29, 0.717) is 38.9 Å². The van der Waals surface area contributed by atoms with E-state index in [2.05, 4.69) is 4.72 Å². The van der Waals surface area contributed by atoms with Crippen LogP contribution in [0.3, 0.4) is 0 Å². The van der Waals surface area contributed by atoms with Gasteiger partial charge in [0.15, 0.2) is 0 Å². The number of carbonyl (C=O) groups is 1. The SMILES string of the molecule is CCCS(=O)(=O)NC1CCN(C(=O)C(C)CN)CC1. The van der Waals surface area contributed by atoms with Gasteiger partial charge < -0.3 is 10.6 Å². The van der Waals surface area contributed by atoms with Gasteiger partial charge >= 0.3 is 0 Å². The maximum absolute atomic E-state index is 11.9. The Morgan fingerprint density at radius 2 is 2.00 bits per heavy atom. The Labute approximate surface area is 115 Å². The van der Waals surface area contributed by atoms with E-state index in [0.717, 1.165) is 0 Å². The molecule has 1 rings (SSSR count). The summed E-state index contributed by atoms with van der Waals surface area (Å²) in [6, 6.07) is -0.0474. The van der Waals surface area contributed by atoms with Crippen molar-refractivity contribution in [2.45, 2.75) is 39.2 Å². The number of sulfonamides is 1. The molecule has 6 nitrogen and oxygen atoms in total. The number of hydrogen-bond acceptors (Lipinski definition) is 4. The summed E-state index contributed by atoms with van der Waals surface area (Å²) in [6.07, 6.45) is 1.96. The fraction of sp³-hybridized carbons (Fsp3) is 0.917. The number of hydrogen-bond donors (Lipinski definition) is 2. The zero-order chi connectivity index (χ0) is 14.5. The van der Waals surface area contributed by atoms with Crippen molar-refractivity contribution in [3.05, 3.63) is 0 Å². The average Bonchev–Trinajstić information content (AvgIpc) is 2.37. The second kappa shape index (κ2) is 7.21. The molecule has 1 fully saturated rings. The maximum Gasteiger partial charge on any atom is 0.226 e. The molecular weight excluding hydrogens is 266 g/mol. The minimum atomic E-state index is -3.16. The first-order valence-corrected chi connectivity index (χ1v) is 8.53. The van der Waals surface area contributed by atoms with Crippen molar-refractivity contribution in [1.29, 1.82) is 0 Å². The predicted octanol–water partition coefficient (Wildman–Crippen LogP) is -0.0984. The molecule has 1 aliphatic rings. The highest BCUT2D eigenvalue weighted by atomic mass is 32.2. The Balaban J connectivity index is 2.43. The Hall–Kier alpha value is -0.660. The molecule has 0 spiro atoms. The number of likely N-dealkylation sites (tertiary alicyclic amines) is 1. The molecule has 1 aliphatic heterocycles. The number of nitrogens with zero attached hydrogens (tertiary/aromatic N) is 1. The lowest BCUT2D eigenvalue weighted by molar-refractivity contribution is -0.135. The summed E-state index contributed by atoms with van der Waals surface area (Å²) < 4.78 is 26.0. The molecule has 1 atom stereocenters. The molecule has 0 aromatic rings. The summed E-state index contributed by atoms with van der Waals surface area (Å²) >= 11 is 0. The van der Waals surface area contributed by atoms with E-state index in [9.17, 15) is 13.2 Å². The first-order chi connectivity index (χ1) is 8.89. The zero-order valence-electron chi connectivity index (χ0n) is 11.8. The van der Waals surface area contributed by atoms with Gasteiger partial charge in [-0.15, -0.1) is 0 Å². The van der Waals surface area contributed by atoms with Gasteiger partial charge in [-0.3, -0.25) is 4.79 Å². The fourth-order valence-electron chi connectivity index (χ4n) is 2.21. The Bertz CT molecular complexity index is 389. The Morgan fingerprint density at radius 3 is 2.47 bits per heavy atom. The van der Waals surface area contributed by atoms with E-state index in [1.54, 1.807) is 4.90 Å². The van der Waals surface area contributed by atoms with E-state index in [-0.39, 0.29) is 23.6 Å². The Morgan fingerprint density at radius 1 is 1.42 bits per heavy atom. The van der Waals surface area contributed by atoms with Gasteiger partial charge in [0.2, 0.25) is 15.9 Å². The lowest BCUT2D eigenvalue weighted by Gasteiger charge is -2.33. The minimum absolute atomic E-state index is 0.0474. The molecule has 0 aromatic carbocycles. The molecule has 7 heteroatoms. The van der Waals surface area contributed by atoms with Crippen LogP contribution in [-0.4, -0.2) is 50.7 Å². The standard InChI is InChI=1S/C12H25N3O3S/c1-3-8-19(17,18)14-11-4-6-15(7-5-11)12(16)10(2)9-13/h10-11,14H,3-9,13H2,1-2H3. The summed E-state index contributed by atoms with van der Waals surface area (Å²) in [5.41, 5.74) is 5.48. The highest BCUT2D eigenvalue weighted by Crippen LogP contribution is 2.14. The van der Waals surface area contributed by atoms with Gasteiger partial charge in [0.1, 0.15) is 0 Å². The lowest BCUT2D eigenvalue weighted by atomic mass is 10.0. The topological polar surface area (TPSA) is 92.5 Å². The molecule has 1 unspecified atom stereocenters. The van der Waals surface area contributed by atoms with E-state index in [4.69, 9.17) is 5.73 Å². The van der Waals surface area contributed by atoms with E-state index >= 15 is 0 Å². The minimum Gasteiger partial charge on any atom is -0.342 e. The molecule has 19 heavy (non-hydrogen) atoms. The van der Waals surface area contributed by atoms with Gasteiger partial charge in [-0.1, -0.05) is 13.8 Å². The number of carbonyl (C=O) groups excluding carboxylic acids is 1. The fourth-order valence-corrected chi connectivity index (χ4v) is 3.61. The molecule has 1 amide bonds. The van der Waals surface area contributed by atoms with Crippen molar-refractivity contribution in [2.24, 2.45) is 11.7 Å². The summed E-state index contributed by atoms with van der Waals surface area (Å²) in [4.78, 5) is 13.7. The average molecular weight is 291 g/mol. The first kappa shape index (κ1) is 16.4. The molecule has 0 saturated carbocycles. The number of nitrogens with two attached hydrogens (primary N) is 1. The van der Waals surface area contributed by atoms with Crippen molar-refractivity contribution in [1.82, 2.24) is 9.62 Å². The molecule has 1 heterocycles. The predicted molar refractivity (Wildman–Crippen MR) is 75.0 cm³/mol. The normalized spacial score (nSPS) is 19.4. The van der Waals surface area contributed by atoms with Crippen LogP contribution in [0.5, 0.6) is 0 Å². The van der Waals surface area contributed by atoms with Crippen molar-refractivity contribution in [3.8, 4) is 0 Å². The van der Waals surface area contributed by atoms with Crippen LogP contribution in [0.4, 0.5) is 0 Å². The van der Waals surface area contributed by atoms with E-state index in [1.807, 2.05) is 13.8 Å². The smallest absolute Gasteiger partial charge is 0.226 e. The molecular formula is C12H25N3O3S. The molecule has 1 saturated heterocycles. The third-order valence-corrected chi connectivity index (χ3v) is 5.04. The third kappa shape index (κ3) is 5.08. The van der Waals surface area contributed by atoms with Crippen molar-refractivity contribution in [3.63, 3.8) is 0 Å². The van der Waals surface area contributed by atoms with Crippen LogP contribution in [0.15, 0.2) is 0 Å². The number of nitrogens with one attached hydrogen (secondary N) is 1. The van der Waals surface area contributed by atoms with Crippen LogP contribution in [0.25, 0.3) is 0 Å². The summed E-state index contributed by atoms with van der Waals surface area (Å²) in [6.45, 7) is 5.21. The van der Waals surface area contributed by atoms with Gasteiger partial charge in [-0.05, 0) is 19.3 Å². The molecule has 112 valence electrons. The Kier molecular flexibility index (Phi) is 6.22. The summed E-state index contributed by atoms with van der Waals surface area (Å²) in [5, 5.41) is 0. The van der Waals surface area contributed by atoms with Crippen LogP contribution in [0.1, 0.15) is 33.1 Å². The third-order valence-electron chi connectivity index (χ3n) is 3.40. The van der Waals surface area contributed by atoms with E-state index < -0.39 is 10.0 Å². The zero-order valence-corrected chi connectivity index (χ0v) is 12.6. The first-order valence-electron chi connectivity index (χ1n) is 6.88. The molecule has 0 radical (unpaired) electrons. The molecule has 3 N–H and O–H groups in total.